The van der Waals surface area contributed by atoms with E-state index in [9.17, 15) is 0 Å². The summed E-state index contributed by atoms with van der Waals surface area (Å²) in [4.78, 5) is 12.6. The van der Waals surface area contributed by atoms with Gasteiger partial charge in [0, 0.05) is 6.04 Å². The van der Waals surface area contributed by atoms with Gasteiger partial charge < -0.3 is 5.73 Å². The second-order valence-electron chi connectivity index (χ2n) is 5.17. The molecule has 2 N–H and O–H groups in total. The molecule has 1 saturated carbocycles. The van der Waals surface area contributed by atoms with Crippen LogP contribution in [0.25, 0.3) is 10.2 Å². The number of nitrogen functional groups attached to an aromatic ring is 1. The topological polar surface area (TPSA) is 55.0 Å². The molecule has 102 valence electrons. The van der Waals surface area contributed by atoms with E-state index in [1.165, 1.54) is 25.7 Å². The summed E-state index contributed by atoms with van der Waals surface area (Å²) in [6, 6.07) is 2.70. The quantitative estimate of drug-likeness (QED) is 0.932. The number of thiophene rings is 1. The van der Waals surface area contributed by atoms with Gasteiger partial charge in [-0.25, -0.2) is 9.97 Å². The van der Waals surface area contributed by atoms with E-state index in [4.69, 9.17) is 5.73 Å². The zero-order valence-electron chi connectivity index (χ0n) is 11.3. The Kier molecular flexibility index (Phi) is 3.66. The lowest BCUT2D eigenvalue weighted by Crippen LogP contribution is -2.33. The van der Waals surface area contributed by atoms with Crippen LogP contribution in [0.15, 0.2) is 11.4 Å². The average Bonchev–Trinajstić information content (AvgIpc) is 3.06. The Labute approximate surface area is 117 Å². The van der Waals surface area contributed by atoms with Crippen LogP contribution in [0.5, 0.6) is 0 Å². The lowest BCUT2D eigenvalue weighted by atomic mass is 10.2. The molecule has 1 aliphatic rings. The van der Waals surface area contributed by atoms with Crippen molar-refractivity contribution in [1.29, 1.82) is 0 Å². The van der Waals surface area contributed by atoms with Crippen LogP contribution < -0.4 is 5.73 Å². The van der Waals surface area contributed by atoms with Gasteiger partial charge in [0.1, 0.15) is 16.5 Å². The van der Waals surface area contributed by atoms with Crippen LogP contribution in [0.1, 0.15) is 38.4 Å². The van der Waals surface area contributed by atoms with Gasteiger partial charge in [-0.15, -0.1) is 11.3 Å². The molecule has 0 aliphatic heterocycles. The largest absolute Gasteiger partial charge is 0.383 e. The molecule has 5 heteroatoms. The number of nitrogens with two attached hydrogens (primary N) is 1. The highest BCUT2D eigenvalue weighted by molar-refractivity contribution is 7.16. The van der Waals surface area contributed by atoms with Crippen molar-refractivity contribution in [3.05, 3.63) is 17.3 Å². The fourth-order valence-electron chi connectivity index (χ4n) is 2.95. The summed E-state index contributed by atoms with van der Waals surface area (Å²) in [5.74, 6) is 1.48. The van der Waals surface area contributed by atoms with E-state index in [2.05, 4.69) is 21.8 Å². The molecule has 3 rings (SSSR count). The molecule has 0 radical (unpaired) electrons. The molecule has 1 aliphatic carbocycles. The second kappa shape index (κ2) is 5.43. The molecule has 2 heterocycles. The third-order valence-electron chi connectivity index (χ3n) is 3.99. The fourth-order valence-corrected chi connectivity index (χ4v) is 3.74. The van der Waals surface area contributed by atoms with Crippen LogP contribution >= 0.6 is 11.3 Å². The zero-order chi connectivity index (χ0) is 13.2. The minimum absolute atomic E-state index is 0.615. The van der Waals surface area contributed by atoms with Gasteiger partial charge in [-0.1, -0.05) is 19.8 Å². The van der Waals surface area contributed by atoms with Gasteiger partial charge in [0.25, 0.3) is 0 Å². The molecule has 0 atom stereocenters. The van der Waals surface area contributed by atoms with Crippen molar-refractivity contribution in [2.24, 2.45) is 0 Å². The maximum Gasteiger partial charge on any atom is 0.146 e. The Balaban J connectivity index is 1.82. The first kappa shape index (κ1) is 12.8. The van der Waals surface area contributed by atoms with E-state index in [-0.39, 0.29) is 0 Å². The first-order chi connectivity index (χ1) is 9.28. The zero-order valence-corrected chi connectivity index (χ0v) is 12.1. The predicted molar refractivity (Wildman–Crippen MR) is 80.2 cm³/mol. The van der Waals surface area contributed by atoms with Gasteiger partial charge in [-0.05, 0) is 30.8 Å². The van der Waals surface area contributed by atoms with E-state index in [1.54, 1.807) is 11.3 Å². The van der Waals surface area contributed by atoms with Gasteiger partial charge in [0.2, 0.25) is 0 Å². The van der Waals surface area contributed by atoms with Crippen LogP contribution in [0, 0.1) is 0 Å². The number of nitrogens with zero attached hydrogens (tertiary/aromatic N) is 3. The molecule has 2 aromatic rings. The minimum atomic E-state index is 0.615. The van der Waals surface area contributed by atoms with Crippen LogP contribution in [-0.2, 0) is 6.54 Å². The predicted octanol–water partition coefficient (Wildman–Crippen LogP) is 3.04. The van der Waals surface area contributed by atoms with Crippen molar-refractivity contribution >= 4 is 27.4 Å². The van der Waals surface area contributed by atoms with Crippen molar-refractivity contribution in [2.45, 2.75) is 45.2 Å². The van der Waals surface area contributed by atoms with E-state index in [1.807, 2.05) is 11.4 Å². The molecular formula is C14H20N4S. The lowest BCUT2D eigenvalue weighted by Gasteiger charge is -2.26. The van der Waals surface area contributed by atoms with E-state index >= 15 is 0 Å². The molecule has 2 aromatic heterocycles. The average molecular weight is 276 g/mol. The summed E-state index contributed by atoms with van der Waals surface area (Å²) in [6.45, 7) is 4.08. The number of hydrogen-bond acceptors (Lipinski definition) is 5. The molecule has 4 nitrogen and oxygen atoms in total. The highest BCUT2D eigenvalue weighted by Gasteiger charge is 2.22. The number of fused-ring (bicyclic) bond motifs is 1. The number of anilines is 1. The normalized spacial score (nSPS) is 16.7. The van der Waals surface area contributed by atoms with Gasteiger partial charge in [-0.2, -0.15) is 0 Å². The molecule has 0 bridgehead atoms. The maximum absolute atomic E-state index is 6.01. The van der Waals surface area contributed by atoms with E-state index < -0.39 is 0 Å². The maximum atomic E-state index is 6.01. The Hall–Kier alpha value is -1.20. The lowest BCUT2D eigenvalue weighted by molar-refractivity contribution is 0.195. The van der Waals surface area contributed by atoms with Crippen molar-refractivity contribution < 1.29 is 0 Å². The number of aromatic nitrogens is 2. The van der Waals surface area contributed by atoms with Crippen molar-refractivity contribution in [1.82, 2.24) is 14.9 Å². The molecule has 0 saturated heterocycles. The first-order valence-corrected chi connectivity index (χ1v) is 7.89. The van der Waals surface area contributed by atoms with Crippen LogP contribution in [0.4, 0.5) is 5.82 Å². The van der Waals surface area contributed by atoms with Gasteiger partial charge >= 0.3 is 0 Å². The van der Waals surface area contributed by atoms with Gasteiger partial charge in [0.15, 0.2) is 0 Å². The molecule has 19 heavy (non-hydrogen) atoms. The minimum Gasteiger partial charge on any atom is -0.383 e. The van der Waals surface area contributed by atoms with Crippen molar-refractivity contribution in [3.8, 4) is 0 Å². The number of rotatable bonds is 4. The highest BCUT2D eigenvalue weighted by atomic mass is 32.1. The van der Waals surface area contributed by atoms with Crippen molar-refractivity contribution in [2.75, 3.05) is 12.3 Å². The summed E-state index contributed by atoms with van der Waals surface area (Å²) in [7, 11) is 0. The Morgan fingerprint density at radius 2 is 2.16 bits per heavy atom. The first-order valence-electron chi connectivity index (χ1n) is 7.01. The Bertz CT molecular complexity index is 560. The summed E-state index contributed by atoms with van der Waals surface area (Å²) in [5, 5.41) is 3.01. The smallest absolute Gasteiger partial charge is 0.146 e. The van der Waals surface area contributed by atoms with Crippen molar-refractivity contribution in [3.63, 3.8) is 0 Å². The number of hydrogen-bond donors (Lipinski definition) is 1. The monoisotopic (exact) mass is 276 g/mol. The standard InChI is InChI=1S/C14H20N4S/c1-2-18(10-5-3-4-6-10)9-12-16-13(15)11-7-8-19-14(11)17-12/h7-8,10H,2-6,9H2,1H3,(H2,15,16,17). The SMILES string of the molecule is CCN(Cc1nc(N)c2ccsc2n1)C1CCCC1. The summed E-state index contributed by atoms with van der Waals surface area (Å²) in [6.07, 6.45) is 5.33. The summed E-state index contributed by atoms with van der Waals surface area (Å²) < 4.78 is 0. The second-order valence-corrected chi connectivity index (χ2v) is 6.06. The molecule has 0 unspecified atom stereocenters. The third kappa shape index (κ3) is 2.58. The van der Waals surface area contributed by atoms with Crippen LogP contribution in [0.3, 0.4) is 0 Å². The highest BCUT2D eigenvalue weighted by Crippen LogP contribution is 2.26. The molecule has 1 fully saturated rings. The van der Waals surface area contributed by atoms with Crippen LogP contribution in [-0.4, -0.2) is 27.5 Å². The molecule has 0 aromatic carbocycles. The summed E-state index contributed by atoms with van der Waals surface area (Å²) in [5.41, 5.74) is 6.01. The van der Waals surface area contributed by atoms with Crippen LogP contribution in [0.2, 0.25) is 0 Å². The van der Waals surface area contributed by atoms with Gasteiger partial charge in [0.05, 0.1) is 11.9 Å². The Morgan fingerprint density at radius 3 is 2.89 bits per heavy atom. The molecule has 0 amide bonds. The van der Waals surface area contributed by atoms with Gasteiger partial charge in [-0.3, -0.25) is 4.90 Å². The third-order valence-corrected chi connectivity index (χ3v) is 4.80. The summed E-state index contributed by atoms with van der Waals surface area (Å²) >= 11 is 1.63. The fraction of sp³-hybridized carbons (Fsp3) is 0.571. The van der Waals surface area contributed by atoms with E-state index in [0.29, 0.717) is 11.9 Å². The molecule has 0 spiro atoms. The Morgan fingerprint density at radius 1 is 1.37 bits per heavy atom. The van der Waals surface area contributed by atoms with E-state index in [0.717, 1.165) is 29.1 Å². The molecular weight excluding hydrogens is 256 g/mol.